The number of rotatable bonds is 12. The summed E-state index contributed by atoms with van der Waals surface area (Å²) in [6, 6.07) is 20.4. The van der Waals surface area contributed by atoms with Crippen LogP contribution in [0.15, 0.2) is 75.7 Å². The van der Waals surface area contributed by atoms with Gasteiger partial charge in [-0.15, -0.1) is 10.8 Å². The summed E-state index contributed by atoms with van der Waals surface area (Å²) in [4.78, 5) is 13.6. The fourth-order valence-electron chi connectivity index (χ4n) is 4.77. The quantitative estimate of drug-likeness (QED) is 0.137. The molecule has 0 saturated carbocycles. The number of hydrogen-bond acceptors (Lipinski definition) is 7. The topological polar surface area (TPSA) is 117 Å². The summed E-state index contributed by atoms with van der Waals surface area (Å²) in [6.07, 6.45) is 0.260. The fraction of sp³-hybridized carbons (Fsp3) is 0.345. The Balaban J connectivity index is 1.52. The number of aliphatic hydroxyl groups is 1. The average Bonchev–Trinajstić information content (AvgIpc) is 3.27. The molecule has 1 aliphatic rings. The van der Waals surface area contributed by atoms with Crippen molar-refractivity contribution in [1.82, 2.24) is 10.6 Å². The third kappa shape index (κ3) is 8.45. The Morgan fingerprint density at radius 3 is 2.40 bits per heavy atom. The average molecular weight is 697 g/mol. The standard InChI is InChI=1S/C29H36Br2N4O4S/c1-2-33-25-14-22(15-26(17-25)35-9-6-10-40(35,38)39)29(37)34-27(13-20-7-4-3-5-8-20)28(36)19-32-18-21-11-23(30)16-24(31)12-21/h3-5,7-8,11-12,14-17,27-28,32-33,36,38-39H,2,6,9-10,13,18-19H2,1H3,(H,34,37)/t27-,28+/m0/s1. The van der Waals surface area contributed by atoms with E-state index < -0.39 is 22.9 Å². The van der Waals surface area contributed by atoms with Gasteiger partial charge in [-0.2, -0.15) is 0 Å². The number of anilines is 2. The summed E-state index contributed by atoms with van der Waals surface area (Å²) in [5.74, 6) is -0.0255. The second-order valence-electron chi connectivity index (χ2n) is 9.84. The first-order valence-electron chi connectivity index (χ1n) is 13.3. The van der Waals surface area contributed by atoms with Crippen LogP contribution in [0, 0.1) is 0 Å². The van der Waals surface area contributed by atoms with Gasteiger partial charge in [0.1, 0.15) is 0 Å². The zero-order valence-corrected chi connectivity index (χ0v) is 26.3. The summed E-state index contributed by atoms with van der Waals surface area (Å²) in [6.45, 7) is 3.95. The van der Waals surface area contributed by atoms with Gasteiger partial charge in [-0.3, -0.25) is 18.2 Å². The zero-order valence-electron chi connectivity index (χ0n) is 22.3. The van der Waals surface area contributed by atoms with E-state index >= 15 is 0 Å². The lowest BCUT2D eigenvalue weighted by molar-refractivity contribution is 0.0830. The van der Waals surface area contributed by atoms with Crippen LogP contribution >= 0.6 is 42.6 Å². The maximum Gasteiger partial charge on any atom is 0.251 e. The van der Waals surface area contributed by atoms with Crippen LogP contribution in [-0.4, -0.2) is 57.7 Å². The van der Waals surface area contributed by atoms with Gasteiger partial charge in [0.05, 0.1) is 23.6 Å². The molecular formula is C29H36Br2N4O4S. The lowest BCUT2D eigenvalue weighted by Gasteiger charge is -2.38. The van der Waals surface area contributed by atoms with E-state index in [1.807, 2.05) is 61.5 Å². The van der Waals surface area contributed by atoms with E-state index in [1.54, 1.807) is 16.4 Å². The van der Waals surface area contributed by atoms with Crippen LogP contribution in [0.4, 0.5) is 11.4 Å². The third-order valence-corrected chi connectivity index (χ3v) is 9.52. The maximum absolute atomic E-state index is 13.6. The summed E-state index contributed by atoms with van der Waals surface area (Å²) in [7, 11) is -2.91. The van der Waals surface area contributed by atoms with E-state index in [4.69, 9.17) is 0 Å². The number of halogens is 2. The molecule has 40 heavy (non-hydrogen) atoms. The second kappa shape index (κ2) is 14.2. The third-order valence-electron chi connectivity index (χ3n) is 6.67. The SMILES string of the molecule is CCNc1cc(C(=O)N[C@@H](Cc2ccccc2)[C@H](O)CNCc2cc(Br)cc(Br)c2)cc(N2CCCS2(O)O)c1. The molecular weight excluding hydrogens is 660 g/mol. The van der Waals surface area contributed by atoms with Crippen LogP contribution in [0.1, 0.15) is 34.8 Å². The first-order chi connectivity index (χ1) is 19.1. The molecule has 1 aliphatic heterocycles. The predicted molar refractivity (Wildman–Crippen MR) is 171 cm³/mol. The van der Waals surface area contributed by atoms with Crippen molar-refractivity contribution in [3.05, 3.63) is 92.4 Å². The van der Waals surface area contributed by atoms with Gasteiger partial charge in [0.2, 0.25) is 0 Å². The van der Waals surface area contributed by atoms with Crippen molar-refractivity contribution >= 4 is 59.9 Å². The minimum Gasteiger partial charge on any atom is -0.390 e. The van der Waals surface area contributed by atoms with Gasteiger partial charge in [-0.25, -0.2) is 0 Å². The van der Waals surface area contributed by atoms with Crippen LogP contribution in [0.2, 0.25) is 0 Å². The van der Waals surface area contributed by atoms with Gasteiger partial charge in [0, 0.05) is 46.4 Å². The van der Waals surface area contributed by atoms with Crippen molar-refractivity contribution in [3.8, 4) is 0 Å². The molecule has 1 fully saturated rings. The molecule has 1 saturated heterocycles. The van der Waals surface area contributed by atoms with Crippen molar-refractivity contribution in [1.29, 1.82) is 0 Å². The molecule has 6 N–H and O–H groups in total. The van der Waals surface area contributed by atoms with E-state index in [2.05, 4.69) is 47.8 Å². The van der Waals surface area contributed by atoms with E-state index in [0.717, 1.165) is 20.1 Å². The van der Waals surface area contributed by atoms with Crippen molar-refractivity contribution in [2.45, 2.75) is 38.5 Å². The van der Waals surface area contributed by atoms with Gasteiger partial charge >= 0.3 is 0 Å². The maximum atomic E-state index is 13.6. The monoisotopic (exact) mass is 694 g/mol. The number of hydrogen-bond donors (Lipinski definition) is 6. The summed E-state index contributed by atoms with van der Waals surface area (Å²) in [5, 5.41) is 20.8. The fourth-order valence-corrected chi connectivity index (χ4v) is 7.76. The molecule has 0 aliphatic carbocycles. The molecule has 1 amide bonds. The highest BCUT2D eigenvalue weighted by molar-refractivity contribution is 9.11. The summed E-state index contributed by atoms with van der Waals surface area (Å²) >= 11 is 7.00. The molecule has 0 unspecified atom stereocenters. The van der Waals surface area contributed by atoms with Crippen LogP contribution < -0.4 is 20.3 Å². The van der Waals surface area contributed by atoms with E-state index in [9.17, 15) is 19.0 Å². The summed E-state index contributed by atoms with van der Waals surface area (Å²) < 4.78 is 24.6. The molecule has 1 heterocycles. The number of aliphatic hydroxyl groups excluding tert-OH is 1. The number of nitrogens with one attached hydrogen (secondary N) is 3. The lowest BCUT2D eigenvalue weighted by Crippen LogP contribution is -2.48. The summed E-state index contributed by atoms with van der Waals surface area (Å²) in [5.41, 5.74) is 3.73. The minimum absolute atomic E-state index is 0.277. The van der Waals surface area contributed by atoms with Crippen LogP contribution in [0.25, 0.3) is 0 Å². The first-order valence-corrected chi connectivity index (χ1v) is 16.5. The Morgan fingerprint density at radius 1 is 1.02 bits per heavy atom. The molecule has 11 heteroatoms. The van der Waals surface area contributed by atoms with Crippen LogP contribution in [0.3, 0.4) is 0 Å². The Kier molecular flexibility index (Phi) is 10.9. The molecule has 3 aromatic carbocycles. The molecule has 2 atom stereocenters. The Labute approximate surface area is 254 Å². The highest BCUT2D eigenvalue weighted by atomic mass is 79.9. The number of carbonyl (C=O) groups excluding carboxylic acids is 1. The highest BCUT2D eigenvalue weighted by Gasteiger charge is 2.30. The van der Waals surface area contributed by atoms with E-state index in [-0.39, 0.29) is 12.5 Å². The van der Waals surface area contributed by atoms with Gasteiger partial charge in [0.25, 0.3) is 5.91 Å². The minimum atomic E-state index is -2.91. The number of benzene rings is 3. The zero-order chi connectivity index (χ0) is 28.7. The Hall–Kier alpha value is -2.12. The number of amides is 1. The molecule has 0 aromatic heterocycles. The van der Waals surface area contributed by atoms with Crippen molar-refractivity contribution in [3.63, 3.8) is 0 Å². The van der Waals surface area contributed by atoms with Gasteiger partial charge in [0.15, 0.2) is 0 Å². The van der Waals surface area contributed by atoms with Gasteiger partial charge in [-0.1, -0.05) is 62.2 Å². The van der Waals surface area contributed by atoms with Crippen LogP contribution in [0.5, 0.6) is 0 Å². The van der Waals surface area contributed by atoms with Gasteiger partial charge < -0.3 is 21.1 Å². The normalized spacial score (nSPS) is 16.8. The van der Waals surface area contributed by atoms with Gasteiger partial charge in [-0.05, 0) is 67.3 Å². The van der Waals surface area contributed by atoms with Crippen molar-refractivity contribution < 1.29 is 19.0 Å². The second-order valence-corrected chi connectivity index (χ2v) is 13.8. The Morgan fingerprint density at radius 2 is 1.75 bits per heavy atom. The smallest absolute Gasteiger partial charge is 0.251 e. The molecule has 8 nitrogen and oxygen atoms in total. The number of nitrogens with zero attached hydrogens (tertiary/aromatic N) is 1. The predicted octanol–water partition coefficient (Wildman–Crippen LogP) is 6.01. The first kappa shape index (κ1) is 30.8. The van der Waals surface area contributed by atoms with Crippen LogP contribution in [-0.2, 0) is 13.0 Å². The molecule has 0 bridgehead atoms. The highest BCUT2D eigenvalue weighted by Crippen LogP contribution is 2.51. The molecule has 0 radical (unpaired) electrons. The van der Waals surface area contributed by atoms with Crippen molar-refractivity contribution in [2.24, 2.45) is 0 Å². The van der Waals surface area contributed by atoms with E-state index in [0.29, 0.717) is 55.2 Å². The molecule has 3 aromatic rings. The molecule has 4 rings (SSSR count). The van der Waals surface area contributed by atoms with Crippen molar-refractivity contribution in [2.75, 3.05) is 35.0 Å². The molecule has 216 valence electrons. The number of carbonyl (C=O) groups is 1. The molecule has 0 spiro atoms. The lowest BCUT2D eigenvalue weighted by atomic mass is 10.00. The largest absolute Gasteiger partial charge is 0.390 e. The van der Waals surface area contributed by atoms with E-state index in [1.165, 1.54) is 0 Å². The Bertz CT molecular complexity index is 1280.